The van der Waals surface area contributed by atoms with Crippen molar-refractivity contribution in [3.63, 3.8) is 0 Å². The van der Waals surface area contributed by atoms with Crippen molar-refractivity contribution in [2.45, 2.75) is 90.0 Å². The molecule has 5 aromatic carbocycles. The van der Waals surface area contributed by atoms with Gasteiger partial charge in [0, 0.05) is 107 Å². The molecule has 5 heterocycles. The molecule has 0 spiro atoms. The molecule has 0 N–H and O–H groups in total. The zero-order chi connectivity index (χ0) is 70.2. The number of unbranched alkanes of at least 4 members (excludes halogenated alkanes) is 4. The third-order valence-corrected chi connectivity index (χ3v) is 19.9. The molecule has 526 valence electrons. The molecule has 2 aliphatic heterocycles. The molecule has 2 aliphatic rings. The second-order valence-corrected chi connectivity index (χ2v) is 30.9. The van der Waals surface area contributed by atoms with Gasteiger partial charge in [0.05, 0.1) is 81.6 Å². The average Bonchev–Trinajstić information content (AvgIpc) is 1.60. The fraction of sp³-hybridized carbons (Fsp3) is 0.375. The van der Waals surface area contributed by atoms with E-state index in [2.05, 4.69) is 0 Å². The maximum absolute atomic E-state index is 12.5. The number of benzene rings is 5. The number of aromatic nitrogens is 1. The van der Waals surface area contributed by atoms with E-state index in [4.69, 9.17) is 32.3 Å². The zero-order valence-electron chi connectivity index (χ0n) is 56.4. The van der Waals surface area contributed by atoms with E-state index in [1.807, 2.05) is 4.90 Å². The van der Waals surface area contributed by atoms with E-state index >= 15 is 0 Å². The summed E-state index contributed by atoms with van der Waals surface area (Å²) in [5.41, 5.74) is 4.56. The van der Waals surface area contributed by atoms with Gasteiger partial charge in [0.1, 0.15) is 33.8 Å². The number of carbonyl (C=O) groups is 3. The van der Waals surface area contributed by atoms with Gasteiger partial charge in [0.25, 0.3) is 17.3 Å². The molecule has 0 atom stereocenters. The van der Waals surface area contributed by atoms with Crippen LogP contribution in [0, 0.1) is 0 Å². The summed E-state index contributed by atoms with van der Waals surface area (Å²) in [7, 11) is -22.7. The van der Waals surface area contributed by atoms with Crippen molar-refractivity contribution in [1.82, 2.24) is 5.06 Å². The van der Waals surface area contributed by atoms with Gasteiger partial charge >= 0.3 is 217 Å². The van der Waals surface area contributed by atoms with Crippen molar-refractivity contribution < 1.29 is 322 Å². The van der Waals surface area contributed by atoms with Crippen LogP contribution < -0.4 is 234 Å². The number of furan rings is 2. The molecular weight excluding hydrogens is 1540 g/mol. The molecule has 8 aromatic rings. The van der Waals surface area contributed by atoms with Crippen LogP contribution in [0.25, 0.3) is 66.6 Å². The van der Waals surface area contributed by atoms with Gasteiger partial charge in [0.15, 0.2) is 12.3 Å². The summed E-state index contributed by atoms with van der Waals surface area (Å²) in [5.74, 6) is -3.60. The first-order valence-corrected chi connectivity index (χ1v) is 39.0. The number of rotatable bonds is 36. The molecule has 3 aromatic heterocycles. The summed E-state index contributed by atoms with van der Waals surface area (Å²) >= 11 is 0. The minimum Gasteiger partial charge on any atom is -0.748 e. The first-order valence-electron chi connectivity index (χ1n) is 31.1. The fourth-order valence-electron chi connectivity index (χ4n) is 11.3. The van der Waals surface area contributed by atoms with Crippen molar-refractivity contribution in [3.8, 4) is 17.2 Å². The van der Waals surface area contributed by atoms with Crippen molar-refractivity contribution >= 4 is 146 Å². The van der Waals surface area contributed by atoms with E-state index in [9.17, 15) is 79.2 Å². The SMILES string of the molecule is O=C(CCCCCN(CCCS(=O)(=O)[O-])c1ccc(C(=C\C=C2/Oc3cc4c(cc3N2CCCS(=O)(=O)[O-])oc2ccc(OCCCCS(=O)(=O)[O-])cc24)/C=C/c2oc3cc4c(cc3[n+]2CCCS(=O)(=O)[O-])oc2ccc(OCCCCS(=O)(=O)[O-])cc24)cc1)ON1C(=O)CCC1=O.[K+].[K+].[K+].[K+]. The summed E-state index contributed by atoms with van der Waals surface area (Å²) in [6, 6.07) is 24.0. The normalized spacial score (nSPS) is 14.2. The molecule has 0 unspecified atom stereocenters. The first-order chi connectivity index (χ1) is 46.4. The van der Waals surface area contributed by atoms with Crippen LogP contribution in [-0.2, 0) is 76.4 Å². The van der Waals surface area contributed by atoms with E-state index in [1.165, 1.54) is 0 Å². The standard InChI is InChI=1S/C64H70N4O25S5.4K/c69-60-22-23-61(70)68(60)93-64(71)11-2-1-3-26-65(27-8-34-96(78,79)80)45-16-12-43(13-17-45)44(14-24-62-66(28-9-35-97(81,82)83)52-41-56-50(39-58(52)91-62)48-37-46(18-20-54(48)89-56)87-30-4-6-32-94(72,73)74)15-25-63-67(29-10-36-98(84,85)86)53-42-57-51(40-59(53)92-63)49-38-47(19-21-55(49)90-57)88-31-5-7-33-95(75,76)77;;;;/h12-21,24-25,37-42H,1-11,22-23,26-36H2,(H4-,72,73,74,75,76,77,78,79,80,81,82,83,84,85,86);;;;/q;4*+1/p-4. The third kappa shape index (κ3) is 26.1. The number of oxazole rings is 1. The fourth-order valence-corrected chi connectivity index (χ4v) is 13.9. The largest absolute Gasteiger partial charge is 1.00 e. The van der Waals surface area contributed by atoms with Crippen LogP contribution in [0.15, 0.2) is 122 Å². The molecule has 10 rings (SSSR count). The Hall–Kier alpha value is -1.90. The summed E-state index contributed by atoms with van der Waals surface area (Å²) in [4.78, 5) is 45.0. The van der Waals surface area contributed by atoms with Gasteiger partial charge in [-0.15, -0.1) is 5.06 Å². The summed E-state index contributed by atoms with van der Waals surface area (Å²) < 4.78 is 213. The van der Waals surface area contributed by atoms with Crippen LogP contribution in [0.1, 0.15) is 94.9 Å². The van der Waals surface area contributed by atoms with Gasteiger partial charge in [-0.3, -0.25) is 9.59 Å². The maximum Gasteiger partial charge on any atom is 1.00 e. The Morgan fingerprint density at radius 2 is 1.06 bits per heavy atom. The first kappa shape index (κ1) is 89.0. The van der Waals surface area contributed by atoms with Crippen LogP contribution in [-0.4, -0.2) is 149 Å². The minimum atomic E-state index is -4.67. The Morgan fingerprint density at radius 1 is 0.539 bits per heavy atom. The number of imide groups is 1. The molecule has 2 amide bonds. The summed E-state index contributed by atoms with van der Waals surface area (Å²) in [6.45, 7) is 0.620. The van der Waals surface area contributed by atoms with E-state index in [1.54, 1.807) is 119 Å². The van der Waals surface area contributed by atoms with Crippen molar-refractivity contribution in [1.29, 1.82) is 0 Å². The summed E-state index contributed by atoms with van der Waals surface area (Å²) in [6.07, 6.45) is 8.11. The Kier molecular flexibility index (Phi) is 34.6. The molecular formula is C64H66K4N4O25S5. The topological polar surface area (TPSA) is 427 Å². The second kappa shape index (κ2) is 39.6. The van der Waals surface area contributed by atoms with Crippen molar-refractivity contribution in [3.05, 3.63) is 120 Å². The number of anilines is 2. The molecule has 0 aliphatic carbocycles. The molecule has 0 bridgehead atoms. The van der Waals surface area contributed by atoms with Crippen LogP contribution in [0.2, 0.25) is 0 Å². The molecule has 29 nitrogen and oxygen atoms in total. The van der Waals surface area contributed by atoms with Crippen LogP contribution in [0.5, 0.6) is 17.2 Å². The van der Waals surface area contributed by atoms with Gasteiger partial charge in [-0.25, -0.2) is 46.9 Å². The monoisotopic (exact) mass is 1610 g/mol. The summed E-state index contributed by atoms with van der Waals surface area (Å²) in [5, 5.41) is 2.90. The molecule has 1 fully saturated rings. The van der Waals surface area contributed by atoms with E-state index in [0.29, 0.717) is 138 Å². The van der Waals surface area contributed by atoms with Crippen LogP contribution in [0.4, 0.5) is 11.4 Å². The van der Waals surface area contributed by atoms with E-state index < -0.39 is 97.1 Å². The minimum absolute atomic E-state index is 0. The number of nitrogens with zero attached hydrogens (tertiary/aromatic N) is 4. The van der Waals surface area contributed by atoms with Crippen LogP contribution in [0.3, 0.4) is 0 Å². The molecule has 0 saturated carbocycles. The molecule has 1 saturated heterocycles. The number of allylic oxidation sites excluding steroid dienone is 4. The van der Waals surface area contributed by atoms with Crippen molar-refractivity contribution in [2.75, 3.05) is 71.4 Å². The molecule has 102 heavy (non-hydrogen) atoms. The quantitative estimate of drug-likeness (QED) is 0.00893. The number of aryl methyl sites for hydroxylation is 1. The Labute approximate surface area is 759 Å². The number of hydrogen-bond donors (Lipinski definition) is 0. The second-order valence-electron chi connectivity index (χ2n) is 23.3. The van der Waals surface area contributed by atoms with E-state index in [-0.39, 0.29) is 302 Å². The Morgan fingerprint density at radius 3 is 1.64 bits per heavy atom. The maximum atomic E-state index is 12.5. The Balaban J connectivity index is 0.00000409. The van der Waals surface area contributed by atoms with Gasteiger partial charge < -0.3 is 64.9 Å². The number of hydrogen-bond acceptors (Lipinski definition) is 27. The van der Waals surface area contributed by atoms with Gasteiger partial charge in [-0.2, -0.15) is 4.57 Å². The predicted octanol–water partition coefficient (Wildman–Crippen LogP) is -4.44. The third-order valence-electron chi connectivity index (χ3n) is 16.0. The zero-order valence-corrected chi connectivity index (χ0v) is 73.0. The smallest absolute Gasteiger partial charge is 0.748 e. The number of ether oxygens (including phenoxy) is 3. The number of hydroxylamine groups is 2. The Bertz CT molecular complexity index is 5030. The van der Waals surface area contributed by atoms with Crippen LogP contribution >= 0.6 is 0 Å². The van der Waals surface area contributed by atoms with Gasteiger partial charge in [-0.1, -0.05) is 18.6 Å². The van der Waals surface area contributed by atoms with Gasteiger partial charge in [0.2, 0.25) is 11.5 Å². The van der Waals surface area contributed by atoms with Crippen molar-refractivity contribution in [2.24, 2.45) is 0 Å². The predicted molar refractivity (Wildman–Crippen MR) is 351 cm³/mol. The average molecular weight is 1610 g/mol. The van der Waals surface area contributed by atoms with Gasteiger partial charge in [-0.05, 0) is 141 Å². The van der Waals surface area contributed by atoms with E-state index in [0.717, 1.165) is 0 Å². The number of amides is 2. The number of carbonyl (C=O) groups excluding carboxylic acids is 3. The molecule has 38 heteroatoms. The number of fused-ring (bicyclic) bond motifs is 8. The molecule has 0 radical (unpaired) electrons.